The Hall–Kier alpha value is -0.420. The summed E-state index contributed by atoms with van der Waals surface area (Å²) in [7, 11) is 0. The maximum absolute atomic E-state index is 5.64. The van der Waals surface area contributed by atoms with Crippen LogP contribution in [0, 0.1) is 0 Å². The van der Waals surface area contributed by atoms with E-state index in [1.807, 2.05) is 0 Å². The molecule has 2 rings (SSSR count). The third-order valence-electron chi connectivity index (χ3n) is 3.31. The molecule has 1 aliphatic heterocycles. The second-order valence-corrected chi connectivity index (χ2v) is 5.77. The summed E-state index contributed by atoms with van der Waals surface area (Å²) >= 11 is 1.80. The van der Waals surface area contributed by atoms with Crippen LogP contribution in [-0.2, 0) is 15.9 Å². The number of ether oxygens (including phenoxy) is 2. The van der Waals surface area contributed by atoms with Crippen molar-refractivity contribution in [2.45, 2.75) is 38.3 Å². The van der Waals surface area contributed by atoms with Crippen molar-refractivity contribution < 1.29 is 9.47 Å². The minimum atomic E-state index is 0.399. The van der Waals surface area contributed by atoms with Crippen molar-refractivity contribution in [2.24, 2.45) is 0 Å². The Labute approximate surface area is 113 Å². The predicted molar refractivity (Wildman–Crippen MR) is 75.3 cm³/mol. The number of rotatable bonds is 8. The fourth-order valence-corrected chi connectivity index (χ4v) is 2.91. The van der Waals surface area contributed by atoms with Gasteiger partial charge < -0.3 is 14.8 Å². The van der Waals surface area contributed by atoms with E-state index in [0.717, 1.165) is 32.8 Å². The molecule has 1 aromatic heterocycles. The average molecular weight is 269 g/mol. The maximum Gasteiger partial charge on any atom is 0.0726 e. The zero-order valence-corrected chi connectivity index (χ0v) is 11.9. The van der Waals surface area contributed by atoms with E-state index in [0.29, 0.717) is 12.1 Å². The molecule has 1 aromatic rings. The van der Waals surface area contributed by atoms with Crippen molar-refractivity contribution in [1.29, 1.82) is 0 Å². The highest BCUT2D eigenvalue weighted by Gasteiger charge is 2.21. The predicted octanol–water partition coefficient (Wildman–Crippen LogP) is 2.46. The van der Waals surface area contributed by atoms with E-state index in [1.165, 1.54) is 17.7 Å². The van der Waals surface area contributed by atoms with E-state index in [9.17, 15) is 0 Å². The molecule has 2 atom stereocenters. The molecule has 102 valence electrons. The molecule has 0 radical (unpaired) electrons. The highest BCUT2D eigenvalue weighted by Crippen LogP contribution is 2.15. The van der Waals surface area contributed by atoms with Crippen LogP contribution in [0.4, 0.5) is 0 Å². The number of thiophene rings is 1. The smallest absolute Gasteiger partial charge is 0.0726 e. The van der Waals surface area contributed by atoms with Gasteiger partial charge in [0.15, 0.2) is 0 Å². The van der Waals surface area contributed by atoms with E-state index < -0.39 is 0 Å². The standard InChI is InChI=1S/C14H23NO2S/c1-12(14-5-2-8-17-14)15-7-10-16-9-6-13-4-3-11-18-13/h3-4,11-12,14-15H,2,5-10H2,1H3. The van der Waals surface area contributed by atoms with Crippen LogP contribution in [-0.4, -0.2) is 38.5 Å². The fraction of sp³-hybridized carbons (Fsp3) is 0.714. The molecular weight excluding hydrogens is 246 g/mol. The molecule has 2 heterocycles. The molecule has 0 spiro atoms. The molecule has 0 amide bonds. The van der Waals surface area contributed by atoms with E-state index in [-0.39, 0.29) is 0 Å². The molecular formula is C14H23NO2S. The molecule has 2 unspecified atom stereocenters. The molecule has 0 aromatic carbocycles. The van der Waals surface area contributed by atoms with Gasteiger partial charge >= 0.3 is 0 Å². The van der Waals surface area contributed by atoms with Gasteiger partial charge in [0.25, 0.3) is 0 Å². The quantitative estimate of drug-likeness (QED) is 0.735. The SMILES string of the molecule is CC(NCCOCCc1cccs1)C1CCCO1. The Balaban J connectivity index is 1.45. The van der Waals surface area contributed by atoms with Gasteiger partial charge in [0, 0.05) is 30.5 Å². The lowest BCUT2D eigenvalue weighted by Crippen LogP contribution is -2.38. The summed E-state index contributed by atoms with van der Waals surface area (Å²) in [6, 6.07) is 4.68. The molecule has 0 bridgehead atoms. The summed E-state index contributed by atoms with van der Waals surface area (Å²) < 4.78 is 11.3. The Kier molecular flexibility index (Phi) is 6.14. The summed E-state index contributed by atoms with van der Waals surface area (Å²) in [6.07, 6.45) is 3.82. The lowest BCUT2D eigenvalue weighted by molar-refractivity contribution is 0.0773. The van der Waals surface area contributed by atoms with Gasteiger partial charge in [0.1, 0.15) is 0 Å². The molecule has 1 saturated heterocycles. The molecule has 1 aliphatic rings. The zero-order valence-electron chi connectivity index (χ0n) is 11.1. The van der Waals surface area contributed by atoms with Crippen molar-refractivity contribution in [3.8, 4) is 0 Å². The van der Waals surface area contributed by atoms with Gasteiger partial charge in [-0.15, -0.1) is 11.3 Å². The summed E-state index contributed by atoms with van der Waals surface area (Å²) in [5.74, 6) is 0. The lowest BCUT2D eigenvalue weighted by Gasteiger charge is -2.19. The number of hydrogen-bond donors (Lipinski definition) is 1. The number of nitrogens with one attached hydrogen (secondary N) is 1. The van der Waals surface area contributed by atoms with Crippen LogP contribution in [0.2, 0.25) is 0 Å². The lowest BCUT2D eigenvalue weighted by atomic mass is 10.1. The average Bonchev–Trinajstić information content (AvgIpc) is 3.05. The Bertz CT molecular complexity index is 310. The number of hydrogen-bond acceptors (Lipinski definition) is 4. The minimum absolute atomic E-state index is 0.399. The third-order valence-corrected chi connectivity index (χ3v) is 4.24. The molecule has 0 saturated carbocycles. The second kappa shape index (κ2) is 7.89. The van der Waals surface area contributed by atoms with Crippen LogP contribution >= 0.6 is 11.3 Å². The van der Waals surface area contributed by atoms with Crippen LogP contribution < -0.4 is 5.32 Å². The second-order valence-electron chi connectivity index (χ2n) is 4.74. The van der Waals surface area contributed by atoms with Gasteiger partial charge in [-0.1, -0.05) is 6.07 Å². The minimum Gasteiger partial charge on any atom is -0.380 e. The highest BCUT2D eigenvalue weighted by atomic mass is 32.1. The first-order chi connectivity index (χ1) is 8.86. The first-order valence-corrected chi connectivity index (χ1v) is 7.69. The van der Waals surface area contributed by atoms with Gasteiger partial charge in [0.2, 0.25) is 0 Å². The topological polar surface area (TPSA) is 30.5 Å². The van der Waals surface area contributed by atoms with Crippen LogP contribution in [0.3, 0.4) is 0 Å². The van der Waals surface area contributed by atoms with Gasteiger partial charge in [0.05, 0.1) is 19.3 Å². The molecule has 4 heteroatoms. The Morgan fingerprint density at radius 2 is 2.50 bits per heavy atom. The van der Waals surface area contributed by atoms with Gasteiger partial charge in [-0.25, -0.2) is 0 Å². The van der Waals surface area contributed by atoms with Crippen molar-refractivity contribution in [1.82, 2.24) is 5.32 Å². The fourth-order valence-electron chi connectivity index (χ4n) is 2.22. The molecule has 1 N–H and O–H groups in total. The monoisotopic (exact) mass is 269 g/mol. The van der Waals surface area contributed by atoms with Gasteiger partial charge in [-0.2, -0.15) is 0 Å². The van der Waals surface area contributed by atoms with Crippen LogP contribution in [0.15, 0.2) is 17.5 Å². The molecule has 0 aliphatic carbocycles. The van der Waals surface area contributed by atoms with E-state index in [4.69, 9.17) is 9.47 Å². The van der Waals surface area contributed by atoms with E-state index >= 15 is 0 Å². The summed E-state index contributed by atoms with van der Waals surface area (Å²) in [6.45, 7) is 5.63. The van der Waals surface area contributed by atoms with Crippen molar-refractivity contribution in [3.05, 3.63) is 22.4 Å². The van der Waals surface area contributed by atoms with Crippen LogP contribution in [0.25, 0.3) is 0 Å². The zero-order chi connectivity index (χ0) is 12.6. The summed E-state index contributed by atoms with van der Waals surface area (Å²) in [5, 5.41) is 5.58. The van der Waals surface area contributed by atoms with Crippen LogP contribution in [0.5, 0.6) is 0 Å². The molecule has 18 heavy (non-hydrogen) atoms. The summed E-state index contributed by atoms with van der Waals surface area (Å²) in [5.41, 5.74) is 0. The summed E-state index contributed by atoms with van der Waals surface area (Å²) in [4.78, 5) is 1.40. The largest absolute Gasteiger partial charge is 0.380 e. The van der Waals surface area contributed by atoms with Crippen molar-refractivity contribution in [3.63, 3.8) is 0 Å². The normalized spacial score (nSPS) is 21.3. The van der Waals surface area contributed by atoms with E-state index in [1.54, 1.807) is 11.3 Å². The van der Waals surface area contributed by atoms with Crippen LogP contribution in [0.1, 0.15) is 24.6 Å². The molecule has 3 nitrogen and oxygen atoms in total. The molecule has 1 fully saturated rings. The maximum atomic E-state index is 5.64. The first kappa shape index (κ1) is 14.0. The van der Waals surface area contributed by atoms with Crippen molar-refractivity contribution >= 4 is 11.3 Å². The Morgan fingerprint density at radius 3 is 3.22 bits per heavy atom. The van der Waals surface area contributed by atoms with Crippen molar-refractivity contribution in [2.75, 3.05) is 26.4 Å². The van der Waals surface area contributed by atoms with Gasteiger partial charge in [-0.3, -0.25) is 0 Å². The van der Waals surface area contributed by atoms with Gasteiger partial charge in [-0.05, 0) is 31.2 Å². The third kappa shape index (κ3) is 4.69. The first-order valence-electron chi connectivity index (χ1n) is 6.81. The highest BCUT2D eigenvalue weighted by molar-refractivity contribution is 7.09. The van der Waals surface area contributed by atoms with E-state index in [2.05, 4.69) is 29.8 Å². The Morgan fingerprint density at radius 1 is 1.56 bits per heavy atom.